The van der Waals surface area contributed by atoms with E-state index < -0.39 is 11.6 Å². The van der Waals surface area contributed by atoms with Crippen molar-refractivity contribution in [2.24, 2.45) is 0 Å². The summed E-state index contributed by atoms with van der Waals surface area (Å²) in [4.78, 5) is 12.5. The summed E-state index contributed by atoms with van der Waals surface area (Å²) in [6, 6.07) is 7.01. The summed E-state index contributed by atoms with van der Waals surface area (Å²) in [6.45, 7) is 2.59. The van der Waals surface area contributed by atoms with Gasteiger partial charge in [0.25, 0.3) is 0 Å². The number of benzene rings is 1. The minimum Gasteiger partial charge on any atom is -0.383 e. The number of nitrogens with zero attached hydrogens (tertiary/aromatic N) is 4. The number of hydrogen-bond acceptors (Lipinski definition) is 6. The van der Waals surface area contributed by atoms with E-state index in [1.165, 1.54) is 6.07 Å². The molecule has 6 nitrogen and oxygen atoms in total. The summed E-state index contributed by atoms with van der Waals surface area (Å²) in [6.07, 6.45) is 3.10. The van der Waals surface area contributed by atoms with Crippen molar-refractivity contribution in [2.75, 3.05) is 17.6 Å². The number of rotatable bonds is 4. The topological polar surface area (TPSA) is 101 Å². The number of pyridine rings is 1. The highest BCUT2D eigenvalue weighted by molar-refractivity contribution is 5.79. The van der Waals surface area contributed by atoms with Gasteiger partial charge in [-0.3, -0.25) is 0 Å². The van der Waals surface area contributed by atoms with E-state index in [4.69, 9.17) is 5.73 Å². The second kappa shape index (κ2) is 7.11. The molecule has 1 aromatic carbocycles. The molecule has 0 saturated heterocycles. The Hall–Kier alpha value is -3.60. The summed E-state index contributed by atoms with van der Waals surface area (Å²) < 4.78 is 26.7. The summed E-state index contributed by atoms with van der Waals surface area (Å²) in [5.74, 6) is -1.51. The highest BCUT2D eigenvalue weighted by Gasteiger charge is 2.15. The lowest BCUT2D eigenvalue weighted by atomic mass is 10.0. The Morgan fingerprint density at radius 2 is 1.85 bits per heavy atom. The first-order valence-corrected chi connectivity index (χ1v) is 7.75. The van der Waals surface area contributed by atoms with Crippen LogP contribution in [0.4, 0.5) is 20.5 Å². The van der Waals surface area contributed by atoms with Gasteiger partial charge in [0.1, 0.15) is 17.5 Å². The van der Waals surface area contributed by atoms with Gasteiger partial charge in [-0.15, -0.1) is 0 Å². The molecule has 0 bridgehead atoms. The van der Waals surface area contributed by atoms with Crippen molar-refractivity contribution in [3.05, 3.63) is 53.9 Å². The van der Waals surface area contributed by atoms with Crippen LogP contribution in [0.2, 0.25) is 0 Å². The summed E-state index contributed by atoms with van der Waals surface area (Å²) in [5.41, 5.74) is 7.73. The first kappa shape index (κ1) is 17.2. The molecule has 130 valence electrons. The fourth-order valence-electron chi connectivity index (χ4n) is 2.43. The van der Waals surface area contributed by atoms with E-state index in [-0.39, 0.29) is 11.4 Å². The smallest absolute Gasteiger partial charge is 0.222 e. The van der Waals surface area contributed by atoms with Gasteiger partial charge in [-0.25, -0.2) is 23.7 Å². The molecule has 0 amide bonds. The number of halogens is 2. The Kier molecular flexibility index (Phi) is 4.71. The fraction of sp³-hybridized carbons (Fsp3) is 0.111. The maximum absolute atomic E-state index is 13.5. The highest BCUT2D eigenvalue weighted by atomic mass is 19.2. The highest BCUT2D eigenvalue weighted by Crippen LogP contribution is 2.31. The number of aromatic nitrogens is 3. The molecular formula is C18H14F2N6. The minimum absolute atomic E-state index is 0.0134. The zero-order valence-corrected chi connectivity index (χ0v) is 13.8. The van der Waals surface area contributed by atoms with Crippen LogP contribution in [0.5, 0.6) is 0 Å². The lowest BCUT2D eigenvalue weighted by molar-refractivity contribution is 0.509. The number of nitrogens with two attached hydrogens (primary N) is 1. The first-order chi connectivity index (χ1) is 12.5. The molecule has 0 fully saturated rings. The Morgan fingerprint density at radius 3 is 2.46 bits per heavy atom. The van der Waals surface area contributed by atoms with Crippen molar-refractivity contribution in [3.8, 4) is 28.5 Å². The van der Waals surface area contributed by atoms with Gasteiger partial charge in [0, 0.05) is 35.6 Å². The van der Waals surface area contributed by atoms with Gasteiger partial charge in [0.2, 0.25) is 5.95 Å². The van der Waals surface area contributed by atoms with Crippen molar-refractivity contribution in [3.63, 3.8) is 0 Å². The SMILES string of the molecule is CCNc1ncc(-c2cc(-c3ccc(F)c(F)c3)nc(N)c2C#N)cn1. The van der Waals surface area contributed by atoms with Gasteiger partial charge in [0.05, 0.1) is 5.69 Å². The van der Waals surface area contributed by atoms with Crippen molar-refractivity contribution < 1.29 is 8.78 Å². The van der Waals surface area contributed by atoms with Gasteiger partial charge < -0.3 is 11.1 Å². The lowest BCUT2D eigenvalue weighted by Crippen LogP contribution is -2.03. The molecule has 0 atom stereocenters. The van der Waals surface area contributed by atoms with E-state index in [0.29, 0.717) is 34.9 Å². The van der Waals surface area contributed by atoms with Crippen LogP contribution in [0.1, 0.15) is 12.5 Å². The third-order valence-electron chi connectivity index (χ3n) is 3.67. The fourth-order valence-corrected chi connectivity index (χ4v) is 2.43. The van der Waals surface area contributed by atoms with Crippen LogP contribution in [-0.4, -0.2) is 21.5 Å². The van der Waals surface area contributed by atoms with E-state index in [0.717, 1.165) is 12.1 Å². The average molecular weight is 352 g/mol. The van der Waals surface area contributed by atoms with Crippen LogP contribution in [0.15, 0.2) is 36.7 Å². The average Bonchev–Trinajstić information content (AvgIpc) is 2.64. The van der Waals surface area contributed by atoms with Gasteiger partial charge >= 0.3 is 0 Å². The Labute approximate surface area is 148 Å². The molecule has 0 aliphatic carbocycles. The second-order valence-electron chi connectivity index (χ2n) is 5.38. The third kappa shape index (κ3) is 3.28. The maximum Gasteiger partial charge on any atom is 0.222 e. The van der Waals surface area contributed by atoms with E-state index in [1.54, 1.807) is 18.5 Å². The van der Waals surface area contributed by atoms with Crippen molar-refractivity contribution in [1.82, 2.24) is 15.0 Å². The summed E-state index contributed by atoms with van der Waals surface area (Å²) in [5, 5.41) is 12.4. The molecule has 0 aliphatic heterocycles. The molecule has 2 heterocycles. The molecule has 3 N–H and O–H groups in total. The van der Waals surface area contributed by atoms with Gasteiger partial charge in [-0.1, -0.05) is 0 Å². The zero-order valence-electron chi connectivity index (χ0n) is 13.8. The number of nitrogen functional groups attached to an aromatic ring is 1. The first-order valence-electron chi connectivity index (χ1n) is 7.75. The molecule has 0 radical (unpaired) electrons. The minimum atomic E-state index is -0.993. The Balaban J connectivity index is 2.13. The van der Waals surface area contributed by atoms with Crippen LogP contribution < -0.4 is 11.1 Å². The van der Waals surface area contributed by atoms with Crippen molar-refractivity contribution in [1.29, 1.82) is 5.26 Å². The van der Waals surface area contributed by atoms with Crippen LogP contribution in [0.25, 0.3) is 22.4 Å². The van der Waals surface area contributed by atoms with E-state index in [9.17, 15) is 14.0 Å². The Bertz CT molecular complexity index is 996. The Morgan fingerprint density at radius 1 is 1.12 bits per heavy atom. The van der Waals surface area contributed by atoms with Crippen LogP contribution in [0.3, 0.4) is 0 Å². The number of nitriles is 1. The monoisotopic (exact) mass is 352 g/mol. The molecular weight excluding hydrogens is 338 g/mol. The molecule has 0 saturated carbocycles. The largest absolute Gasteiger partial charge is 0.383 e. The van der Waals surface area contributed by atoms with Crippen LogP contribution in [-0.2, 0) is 0 Å². The number of hydrogen-bond donors (Lipinski definition) is 2. The second-order valence-corrected chi connectivity index (χ2v) is 5.38. The quantitative estimate of drug-likeness (QED) is 0.747. The van der Waals surface area contributed by atoms with Gasteiger partial charge in [-0.2, -0.15) is 5.26 Å². The predicted molar refractivity (Wildman–Crippen MR) is 93.9 cm³/mol. The molecule has 0 aliphatic rings. The molecule has 3 aromatic rings. The molecule has 0 spiro atoms. The van der Waals surface area contributed by atoms with Crippen molar-refractivity contribution in [2.45, 2.75) is 6.92 Å². The van der Waals surface area contributed by atoms with E-state index in [2.05, 4.69) is 20.3 Å². The molecule has 26 heavy (non-hydrogen) atoms. The molecule has 2 aromatic heterocycles. The number of anilines is 2. The third-order valence-corrected chi connectivity index (χ3v) is 3.67. The molecule has 8 heteroatoms. The standard InChI is InChI=1S/C18H14F2N6/c1-2-23-18-24-8-11(9-25-18)12-6-16(26-17(22)13(12)7-21)10-3-4-14(19)15(20)5-10/h3-6,8-9H,2H2,1H3,(H2,22,26)(H,23,24,25). The predicted octanol–water partition coefficient (Wildman–Crippen LogP) is 3.37. The zero-order chi connectivity index (χ0) is 18.7. The lowest BCUT2D eigenvalue weighted by Gasteiger charge is -2.10. The normalized spacial score (nSPS) is 10.4. The van der Waals surface area contributed by atoms with Gasteiger partial charge in [-0.05, 0) is 31.2 Å². The van der Waals surface area contributed by atoms with Gasteiger partial charge in [0.15, 0.2) is 11.6 Å². The van der Waals surface area contributed by atoms with Crippen LogP contribution >= 0.6 is 0 Å². The van der Waals surface area contributed by atoms with Crippen LogP contribution in [0, 0.1) is 23.0 Å². The molecule has 0 unspecified atom stereocenters. The summed E-state index contributed by atoms with van der Waals surface area (Å²) >= 11 is 0. The maximum atomic E-state index is 13.5. The number of nitrogens with one attached hydrogen (secondary N) is 1. The van der Waals surface area contributed by atoms with E-state index in [1.807, 2.05) is 13.0 Å². The van der Waals surface area contributed by atoms with E-state index >= 15 is 0 Å². The molecule has 3 rings (SSSR count). The van der Waals surface area contributed by atoms with Crippen molar-refractivity contribution >= 4 is 11.8 Å². The summed E-state index contributed by atoms with van der Waals surface area (Å²) in [7, 11) is 0.